The topological polar surface area (TPSA) is 109 Å². The van der Waals surface area contributed by atoms with Crippen LogP contribution < -0.4 is 0 Å². The first kappa shape index (κ1) is 23.9. The van der Waals surface area contributed by atoms with Gasteiger partial charge in [-0.2, -0.15) is 23.5 Å². The average molecular weight is 527 g/mol. The zero-order valence-corrected chi connectivity index (χ0v) is 20.9. The van der Waals surface area contributed by atoms with E-state index in [9.17, 15) is 23.1 Å². The Morgan fingerprint density at radius 1 is 1.11 bits per heavy atom. The number of hydrogen-bond acceptors (Lipinski definition) is 5. The van der Waals surface area contributed by atoms with Crippen LogP contribution in [0, 0.1) is 28.1 Å². The summed E-state index contributed by atoms with van der Waals surface area (Å²) in [5.41, 5.74) is -1.14. The number of aromatic nitrogens is 3. The van der Waals surface area contributed by atoms with Gasteiger partial charge in [-0.1, -0.05) is 6.07 Å². The molecule has 1 aromatic heterocycles. The molecule has 2 spiro atoms. The number of H-pyrrole nitrogens is 1. The van der Waals surface area contributed by atoms with E-state index in [1.165, 1.54) is 6.07 Å². The number of aromatic amines is 1. The number of rotatable bonds is 4. The second-order valence-electron chi connectivity index (χ2n) is 12.6. The summed E-state index contributed by atoms with van der Waals surface area (Å²) in [5, 5.41) is 26.3. The van der Waals surface area contributed by atoms with Gasteiger partial charge in [0.1, 0.15) is 11.4 Å². The van der Waals surface area contributed by atoms with Crippen molar-refractivity contribution in [1.29, 1.82) is 5.26 Å². The molecule has 0 bridgehead atoms. The molecule has 2 N–H and O–H groups in total. The molecule has 5 fully saturated rings. The Morgan fingerprint density at radius 2 is 1.74 bits per heavy atom. The van der Waals surface area contributed by atoms with Crippen LogP contribution in [-0.4, -0.2) is 62.3 Å². The van der Waals surface area contributed by atoms with Crippen LogP contribution in [0.3, 0.4) is 0 Å². The predicted octanol–water partition coefficient (Wildman–Crippen LogP) is 3.93. The summed E-state index contributed by atoms with van der Waals surface area (Å²) < 4.78 is 39.8. The molecule has 200 valence electrons. The number of benzene rings is 1. The molecular weight excluding hydrogens is 497 g/mol. The monoisotopic (exact) mass is 526 g/mol. The third-order valence-electron chi connectivity index (χ3n) is 9.51. The van der Waals surface area contributed by atoms with Gasteiger partial charge in [0.2, 0.25) is 0 Å². The van der Waals surface area contributed by atoms with Gasteiger partial charge in [0.05, 0.1) is 17.2 Å². The summed E-state index contributed by atoms with van der Waals surface area (Å²) in [5.74, 6) is 1.96. The van der Waals surface area contributed by atoms with Gasteiger partial charge >= 0.3 is 12.2 Å². The van der Waals surface area contributed by atoms with Crippen molar-refractivity contribution in [3.8, 4) is 6.07 Å². The standard InChI is InChI=1S/C27H29F3N6O2/c28-27(29,30)20-6-16(1-2-18(20)11-31)5-17-7-24(8-17)12-35(13-24)23(37)36-14-25(15-36)9-19(10-25)21-32-22(34-33-21)26(38)3-4-26/h1-2,6,17,19,38H,3-5,7-10,12-15H2,(H,32,33,34). The normalized spacial score (nSPS) is 24.8. The van der Waals surface area contributed by atoms with E-state index in [4.69, 9.17) is 5.26 Å². The zero-order valence-electron chi connectivity index (χ0n) is 20.9. The molecule has 8 nitrogen and oxygen atoms in total. The number of alkyl halides is 3. The van der Waals surface area contributed by atoms with Crippen LogP contribution in [0.5, 0.6) is 0 Å². The summed E-state index contributed by atoms with van der Waals surface area (Å²) in [6, 6.07) is 5.72. The third-order valence-corrected chi connectivity index (χ3v) is 9.51. The highest BCUT2D eigenvalue weighted by Crippen LogP contribution is 2.57. The van der Waals surface area contributed by atoms with Crippen molar-refractivity contribution in [2.24, 2.45) is 16.7 Å². The van der Waals surface area contributed by atoms with Crippen molar-refractivity contribution in [2.45, 2.75) is 62.6 Å². The number of halogens is 3. The van der Waals surface area contributed by atoms with Crippen LogP contribution in [-0.2, 0) is 18.2 Å². The second kappa shape index (κ2) is 7.72. The maximum atomic E-state index is 13.3. The average Bonchev–Trinajstić information content (AvgIpc) is 3.32. The smallest absolute Gasteiger partial charge is 0.382 e. The lowest BCUT2D eigenvalue weighted by Gasteiger charge is -2.63. The number of nitrogens with one attached hydrogen (secondary N) is 1. The van der Waals surface area contributed by atoms with Gasteiger partial charge in [0, 0.05) is 42.9 Å². The van der Waals surface area contributed by atoms with Gasteiger partial charge in [-0.25, -0.2) is 9.78 Å². The fraction of sp³-hybridized carbons (Fsp3) is 0.630. The number of likely N-dealkylation sites (tertiary alicyclic amines) is 2. The van der Waals surface area contributed by atoms with Crippen LogP contribution in [0.15, 0.2) is 18.2 Å². The van der Waals surface area contributed by atoms with Gasteiger partial charge in [0.25, 0.3) is 0 Å². The largest absolute Gasteiger partial charge is 0.417 e. The second-order valence-corrected chi connectivity index (χ2v) is 12.6. The molecule has 0 unspecified atom stereocenters. The Kier molecular flexibility index (Phi) is 4.86. The highest BCUT2D eigenvalue weighted by Gasteiger charge is 2.59. The van der Waals surface area contributed by atoms with Crippen molar-refractivity contribution >= 4 is 6.03 Å². The van der Waals surface area contributed by atoms with E-state index < -0.39 is 17.3 Å². The van der Waals surface area contributed by atoms with E-state index in [2.05, 4.69) is 15.2 Å². The van der Waals surface area contributed by atoms with E-state index in [0.29, 0.717) is 42.5 Å². The molecule has 2 aliphatic heterocycles. The molecule has 3 heterocycles. The number of hydrogen-bond donors (Lipinski definition) is 2. The number of carbonyl (C=O) groups is 1. The van der Waals surface area contributed by atoms with E-state index in [1.807, 2.05) is 9.80 Å². The van der Waals surface area contributed by atoms with Crippen molar-refractivity contribution in [2.75, 3.05) is 26.2 Å². The van der Waals surface area contributed by atoms with Crippen molar-refractivity contribution in [3.63, 3.8) is 0 Å². The first-order valence-electron chi connectivity index (χ1n) is 13.3. The highest BCUT2D eigenvalue weighted by molar-refractivity contribution is 5.77. The number of amides is 2. The molecular formula is C27H29F3N6O2. The predicted molar refractivity (Wildman–Crippen MR) is 127 cm³/mol. The fourth-order valence-corrected chi connectivity index (χ4v) is 7.39. The minimum Gasteiger partial charge on any atom is -0.382 e. The van der Waals surface area contributed by atoms with Gasteiger partial charge in [0.15, 0.2) is 5.82 Å². The first-order valence-corrected chi connectivity index (χ1v) is 13.3. The van der Waals surface area contributed by atoms with Crippen LogP contribution in [0.1, 0.15) is 72.8 Å². The number of nitrogens with zero attached hydrogens (tertiary/aromatic N) is 5. The number of carbonyl (C=O) groups excluding carboxylic acids is 1. The molecule has 3 saturated carbocycles. The molecule has 11 heteroatoms. The van der Waals surface area contributed by atoms with Crippen molar-refractivity contribution in [1.82, 2.24) is 25.0 Å². The maximum Gasteiger partial charge on any atom is 0.417 e. The molecule has 5 aliphatic rings. The SMILES string of the molecule is N#Cc1ccc(CC2CC3(C2)CN(C(=O)N2CC4(CC(c5nc(C6(O)CC6)n[nH]5)C4)C2)C3)cc1C(F)(F)F. The Morgan fingerprint density at radius 3 is 2.32 bits per heavy atom. The molecule has 38 heavy (non-hydrogen) atoms. The van der Waals surface area contributed by atoms with E-state index in [0.717, 1.165) is 63.8 Å². The third kappa shape index (κ3) is 3.79. The first-order chi connectivity index (χ1) is 18.0. The van der Waals surface area contributed by atoms with Gasteiger partial charge in [-0.15, -0.1) is 0 Å². The Hall–Kier alpha value is -3.13. The summed E-state index contributed by atoms with van der Waals surface area (Å²) in [6.45, 7) is 2.97. The minimum absolute atomic E-state index is 0.0907. The minimum atomic E-state index is -4.54. The fourth-order valence-electron chi connectivity index (χ4n) is 7.39. The van der Waals surface area contributed by atoms with E-state index in [1.54, 1.807) is 12.1 Å². The van der Waals surface area contributed by atoms with Gasteiger partial charge in [-0.3, -0.25) is 5.10 Å². The molecule has 1 aromatic carbocycles. The van der Waals surface area contributed by atoms with Crippen molar-refractivity contribution in [3.05, 3.63) is 46.5 Å². The Balaban J connectivity index is 0.860. The van der Waals surface area contributed by atoms with Crippen molar-refractivity contribution < 1.29 is 23.1 Å². The lowest BCUT2D eigenvalue weighted by molar-refractivity contribution is -0.137. The molecule has 3 aliphatic carbocycles. The quantitative estimate of drug-likeness (QED) is 0.628. The molecule has 2 aromatic rings. The molecule has 0 radical (unpaired) electrons. The van der Waals surface area contributed by atoms with Crippen LogP contribution in [0.2, 0.25) is 0 Å². The lowest BCUT2D eigenvalue weighted by atomic mass is 9.56. The van der Waals surface area contributed by atoms with E-state index in [-0.39, 0.29) is 22.4 Å². The number of aliphatic hydroxyl groups is 1. The lowest BCUT2D eigenvalue weighted by Crippen LogP contribution is -2.70. The van der Waals surface area contributed by atoms with E-state index >= 15 is 0 Å². The Bertz CT molecular complexity index is 1330. The molecule has 2 amide bonds. The van der Waals surface area contributed by atoms with Gasteiger partial charge in [-0.05, 0) is 68.6 Å². The number of urea groups is 1. The highest BCUT2D eigenvalue weighted by atomic mass is 19.4. The number of nitriles is 1. The summed E-state index contributed by atoms with van der Waals surface area (Å²) in [4.78, 5) is 21.3. The maximum absolute atomic E-state index is 13.3. The summed E-state index contributed by atoms with van der Waals surface area (Å²) >= 11 is 0. The molecule has 7 rings (SSSR count). The van der Waals surface area contributed by atoms with Crippen LogP contribution >= 0.6 is 0 Å². The zero-order chi connectivity index (χ0) is 26.5. The van der Waals surface area contributed by atoms with Crippen LogP contribution in [0.4, 0.5) is 18.0 Å². The van der Waals surface area contributed by atoms with Gasteiger partial charge < -0.3 is 14.9 Å². The molecule has 0 atom stereocenters. The Labute approximate surface area is 217 Å². The summed E-state index contributed by atoms with van der Waals surface area (Å²) in [6.07, 6.45) is 1.23. The molecule has 2 saturated heterocycles. The van der Waals surface area contributed by atoms with Crippen LogP contribution in [0.25, 0.3) is 0 Å². The summed E-state index contributed by atoms with van der Waals surface area (Å²) in [7, 11) is 0.